The SMILES string of the molecule is CC(C)(C)OC(=O)N1CCC(=C(c2ccc(F)cc2)c2ccnc(F)c2)CC1. The lowest BCUT2D eigenvalue weighted by molar-refractivity contribution is 0.0236. The fraction of sp³-hybridized carbons (Fsp3) is 0.364. The Hall–Kier alpha value is -2.76. The van der Waals surface area contributed by atoms with Gasteiger partial charge in [-0.05, 0) is 68.5 Å². The van der Waals surface area contributed by atoms with Gasteiger partial charge in [-0.3, -0.25) is 0 Å². The summed E-state index contributed by atoms with van der Waals surface area (Å²) in [7, 11) is 0. The number of pyridine rings is 1. The van der Waals surface area contributed by atoms with E-state index in [1.54, 1.807) is 23.1 Å². The Bertz CT molecular complexity index is 876. The molecule has 0 radical (unpaired) electrons. The van der Waals surface area contributed by atoms with E-state index in [0.717, 1.165) is 16.7 Å². The van der Waals surface area contributed by atoms with Gasteiger partial charge in [0.15, 0.2) is 0 Å². The molecule has 0 bridgehead atoms. The second-order valence-electron chi connectivity index (χ2n) is 7.82. The first-order valence-electron chi connectivity index (χ1n) is 9.31. The number of hydrogen-bond donors (Lipinski definition) is 0. The predicted molar refractivity (Wildman–Crippen MR) is 104 cm³/mol. The molecule has 1 aliphatic heterocycles. The summed E-state index contributed by atoms with van der Waals surface area (Å²) in [5, 5.41) is 0. The molecule has 0 saturated carbocycles. The summed E-state index contributed by atoms with van der Waals surface area (Å²) in [5.41, 5.74) is 2.93. The molecule has 1 aliphatic rings. The average molecular weight is 386 g/mol. The van der Waals surface area contributed by atoms with Gasteiger partial charge in [-0.1, -0.05) is 17.7 Å². The van der Waals surface area contributed by atoms with Gasteiger partial charge in [0.2, 0.25) is 5.95 Å². The summed E-state index contributed by atoms with van der Waals surface area (Å²) < 4.78 is 32.6. The van der Waals surface area contributed by atoms with Crippen molar-refractivity contribution in [2.75, 3.05) is 13.1 Å². The van der Waals surface area contributed by atoms with Crippen molar-refractivity contribution in [3.05, 3.63) is 71.1 Å². The number of nitrogens with zero attached hydrogens (tertiary/aromatic N) is 2. The van der Waals surface area contributed by atoms with Gasteiger partial charge in [0.25, 0.3) is 0 Å². The summed E-state index contributed by atoms with van der Waals surface area (Å²) in [6.45, 7) is 6.55. The molecule has 2 aromatic rings. The topological polar surface area (TPSA) is 42.4 Å². The van der Waals surface area contributed by atoms with Gasteiger partial charge < -0.3 is 9.64 Å². The van der Waals surface area contributed by atoms with Crippen molar-refractivity contribution in [2.45, 2.75) is 39.2 Å². The molecule has 1 aromatic heterocycles. The van der Waals surface area contributed by atoms with Crippen LogP contribution in [0.4, 0.5) is 13.6 Å². The first-order valence-corrected chi connectivity index (χ1v) is 9.31. The number of hydrogen-bond acceptors (Lipinski definition) is 3. The van der Waals surface area contributed by atoms with E-state index in [4.69, 9.17) is 4.74 Å². The zero-order chi connectivity index (χ0) is 20.3. The second-order valence-corrected chi connectivity index (χ2v) is 7.82. The Morgan fingerprint density at radius 3 is 2.25 bits per heavy atom. The molecule has 0 unspecified atom stereocenters. The van der Waals surface area contributed by atoms with Crippen LogP contribution in [0.1, 0.15) is 44.7 Å². The van der Waals surface area contributed by atoms with Crippen LogP contribution >= 0.6 is 0 Å². The minimum absolute atomic E-state index is 0.325. The van der Waals surface area contributed by atoms with Crippen molar-refractivity contribution in [1.82, 2.24) is 9.88 Å². The van der Waals surface area contributed by atoms with E-state index < -0.39 is 11.5 Å². The highest BCUT2D eigenvalue weighted by atomic mass is 19.1. The fourth-order valence-electron chi connectivity index (χ4n) is 3.29. The second kappa shape index (κ2) is 8.09. The highest BCUT2D eigenvalue weighted by molar-refractivity contribution is 5.82. The van der Waals surface area contributed by atoms with E-state index >= 15 is 0 Å². The Kier molecular flexibility index (Phi) is 5.77. The van der Waals surface area contributed by atoms with Gasteiger partial charge in [0.1, 0.15) is 11.4 Å². The van der Waals surface area contributed by atoms with E-state index in [9.17, 15) is 13.6 Å². The van der Waals surface area contributed by atoms with Crippen molar-refractivity contribution in [1.29, 1.82) is 0 Å². The third kappa shape index (κ3) is 4.94. The lowest BCUT2D eigenvalue weighted by Gasteiger charge is -2.32. The number of likely N-dealkylation sites (tertiary alicyclic amines) is 1. The fourth-order valence-corrected chi connectivity index (χ4v) is 3.29. The summed E-state index contributed by atoms with van der Waals surface area (Å²) in [5.74, 6) is -0.891. The number of carbonyl (C=O) groups excluding carboxylic acids is 1. The molecule has 0 N–H and O–H groups in total. The Balaban J connectivity index is 1.90. The molecule has 1 fully saturated rings. The van der Waals surface area contributed by atoms with Crippen molar-refractivity contribution in [3.8, 4) is 0 Å². The van der Waals surface area contributed by atoms with Crippen LogP contribution in [-0.2, 0) is 4.74 Å². The van der Waals surface area contributed by atoms with Crippen LogP contribution in [0.5, 0.6) is 0 Å². The Morgan fingerprint density at radius 2 is 1.68 bits per heavy atom. The molecule has 2 heterocycles. The number of aromatic nitrogens is 1. The zero-order valence-corrected chi connectivity index (χ0v) is 16.3. The normalized spacial score (nSPS) is 14.8. The largest absolute Gasteiger partial charge is 0.444 e. The van der Waals surface area contributed by atoms with E-state index in [1.807, 2.05) is 20.8 Å². The van der Waals surface area contributed by atoms with Crippen LogP contribution in [0.25, 0.3) is 5.57 Å². The molecule has 1 amide bonds. The van der Waals surface area contributed by atoms with Crippen molar-refractivity contribution in [3.63, 3.8) is 0 Å². The van der Waals surface area contributed by atoms with Crippen LogP contribution < -0.4 is 0 Å². The third-order valence-corrected chi connectivity index (χ3v) is 4.52. The van der Waals surface area contributed by atoms with Gasteiger partial charge in [0.05, 0.1) is 0 Å². The number of amides is 1. The number of ether oxygens (including phenoxy) is 1. The summed E-state index contributed by atoms with van der Waals surface area (Å²) in [4.78, 5) is 17.6. The standard InChI is InChI=1S/C22H24F2N2O2/c1-22(2,3)28-21(27)26-12-9-16(10-13-26)20(15-4-6-18(23)7-5-15)17-8-11-25-19(24)14-17/h4-8,11,14H,9-10,12-13H2,1-3H3. The summed E-state index contributed by atoms with van der Waals surface area (Å²) in [6, 6.07) is 9.29. The zero-order valence-electron chi connectivity index (χ0n) is 16.3. The Morgan fingerprint density at radius 1 is 1.04 bits per heavy atom. The van der Waals surface area contributed by atoms with Gasteiger partial charge in [-0.25, -0.2) is 14.2 Å². The van der Waals surface area contributed by atoms with Crippen molar-refractivity contribution >= 4 is 11.7 Å². The van der Waals surface area contributed by atoms with Crippen LogP contribution in [0.3, 0.4) is 0 Å². The number of halogens is 2. The van der Waals surface area contributed by atoms with Crippen molar-refractivity contribution < 1.29 is 18.3 Å². The van der Waals surface area contributed by atoms with E-state index in [2.05, 4.69) is 4.98 Å². The summed E-state index contributed by atoms with van der Waals surface area (Å²) in [6.07, 6.45) is 2.36. The molecular formula is C22H24F2N2O2. The van der Waals surface area contributed by atoms with Gasteiger partial charge in [-0.2, -0.15) is 4.39 Å². The molecule has 0 aliphatic carbocycles. The maximum atomic E-state index is 13.7. The van der Waals surface area contributed by atoms with Crippen LogP contribution in [0.2, 0.25) is 0 Å². The number of benzene rings is 1. The van der Waals surface area contributed by atoms with Crippen LogP contribution in [0, 0.1) is 11.8 Å². The monoisotopic (exact) mass is 386 g/mol. The van der Waals surface area contributed by atoms with E-state index in [-0.39, 0.29) is 11.9 Å². The maximum Gasteiger partial charge on any atom is 0.410 e. The lowest BCUT2D eigenvalue weighted by Crippen LogP contribution is -2.40. The molecule has 148 valence electrons. The molecular weight excluding hydrogens is 362 g/mol. The summed E-state index contributed by atoms with van der Waals surface area (Å²) >= 11 is 0. The van der Waals surface area contributed by atoms with E-state index in [1.165, 1.54) is 24.4 Å². The number of piperidine rings is 1. The number of carbonyl (C=O) groups is 1. The quantitative estimate of drug-likeness (QED) is 0.667. The highest BCUT2D eigenvalue weighted by Crippen LogP contribution is 2.33. The molecule has 0 spiro atoms. The first-order chi connectivity index (χ1) is 13.2. The smallest absolute Gasteiger partial charge is 0.410 e. The average Bonchev–Trinajstić information content (AvgIpc) is 2.63. The Labute approximate surface area is 163 Å². The predicted octanol–water partition coefficient (Wildman–Crippen LogP) is 5.19. The molecule has 28 heavy (non-hydrogen) atoms. The van der Waals surface area contributed by atoms with Crippen LogP contribution in [-0.4, -0.2) is 34.7 Å². The minimum atomic E-state index is -0.566. The highest BCUT2D eigenvalue weighted by Gasteiger charge is 2.26. The molecule has 1 saturated heterocycles. The first kappa shape index (κ1) is 20.0. The minimum Gasteiger partial charge on any atom is -0.444 e. The van der Waals surface area contributed by atoms with E-state index in [0.29, 0.717) is 31.5 Å². The maximum absolute atomic E-state index is 13.7. The van der Waals surface area contributed by atoms with Crippen LogP contribution in [0.15, 0.2) is 48.2 Å². The third-order valence-electron chi connectivity index (χ3n) is 4.52. The number of rotatable bonds is 2. The van der Waals surface area contributed by atoms with Crippen molar-refractivity contribution in [2.24, 2.45) is 0 Å². The molecule has 0 atom stereocenters. The van der Waals surface area contributed by atoms with Gasteiger partial charge in [-0.15, -0.1) is 0 Å². The van der Waals surface area contributed by atoms with Gasteiger partial charge in [0, 0.05) is 25.4 Å². The molecule has 6 heteroatoms. The molecule has 3 rings (SSSR count). The lowest BCUT2D eigenvalue weighted by atomic mass is 9.89. The van der Waals surface area contributed by atoms with Gasteiger partial charge >= 0.3 is 6.09 Å². The molecule has 1 aromatic carbocycles. The molecule has 4 nitrogen and oxygen atoms in total.